The van der Waals surface area contributed by atoms with Crippen molar-refractivity contribution in [3.05, 3.63) is 59.7 Å². The van der Waals surface area contributed by atoms with Gasteiger partial charge in [-0.05, 0) is 156 Å². The molecular formula is C44H65N3O8. The van der Waals surface area contributed by atoms with E-state index in [1.165, 1.54) is 0 Å². The second-order valence-corrected chi connectivity index (χ2v) is 19.2. The molecule has 55 heavy (non-hydrogen) atoms. The van der Waals surface area contributed by atoms with Crippen LogP contribution < -0.4 is 5.32 Å². The lowest BCUT2D eigenvalue weighted by molar-refractivity contribution is -0.163. The fourth-order valence-corrected chi connectivity index (χ4v) is 7.03. The molecule has 2 amide bonds. The maximum absolute atomic E-state index is 13.6. The third-order valence-corrected chi connectivity index (χ3v) is 9.39. The van der Waals surface area contributed by atoms with Crippen molar-refractivity contribution in [3.63, 3.8) is 0 Å². The van der Waals surface area contributed by atoms with Gasteiger partial charge in [-0.3, -0.25) is 9.59 Å². The van der Waals surface area contributed by atoms with Crippen molar-refractivity contribution < 1.29 is 38.1 Å². The number of likely N-dealkylation sites (tertiary alicyclic amines) is 2. The average Bonchev–Trinajstić information content (AvgIpc) is 3.71. The highest BCUT2D eigenvalue weighted by molar-refractivity contribution is 5.75. The van der Waals surface area contributed by atoms with Gasteiger partial charge >= 0.3 is 24.1 Å². The molecule has 0 aromatic heterocycles. The molecule has 0 aliphatic carbocycles. The molecule has 0 bridgehead atoms. The molecule has 1 N–H and O–H groups in total. The summed E-state index contributed by atoms with van der Waals surface area (Å²) in [7, 11) is 0. The van der Waals surface area contributed by atoms with E-state index in [4.69, 9.17) is 18.9 Å². The maximum Gasteiger partial charge on any atom is 0.410 e. The second-order valence-electron chi connectivity index (χ2n) is 19.2. The topological polar surface area (TPSA) is 124 Å². The van der Waals surface area contributed by atoms with E-state index >= 15 is 0 Å². The fraction of sp³-hybridized carbons (Fsp3) is 0.636. The predicted octanol–water partition coefficient (Wildman–Crippen LogP) is 8.95. The van der Waals surface area contributed by atoms with Crippen LogP contribution in [0.25, 0.3) is 0 Å². The molecule has 4 atom stereocenters. The smallest absolute Gasteiger partial charge is 0.410 e. The van der Waals surface area contributed by atoms with Crippen molar-refractivity contribution >= 4 is 35.5 Å². The highest BCUT2D eigenvalue weighted by atomic mass is 16.6. The minimum absolute atomic E-state index is 0.0583. The van der Waals surface area contributed by atoms with Gasteiger partial charge in [-0.25, -0.2) is 9.59 Å². The Morgan fingerprint density at radius 1 is 0.582 bits per heavy atom. The summed E-state index contributed by atoms with van der Waals surface area (Å²) in [6.45, 7) is 24.2. The predicted molar refractivity (Wildman–Crippen MR) is 214 cm³/mol. The lowest BCUT2D eigenvalue weighted by Gasteiger charge is -2.28. The minimum Gasteiger partial charge on any atom is -0.460 e. The van der Waals surface area contributed by atoms with Crippen molar-refractivity contribution in [1.82, 2.24) is 9.80 Å². The van der Waals surface area contributed by atoms with Gasteiger partial charge < -0.3 is 34.1 Å². The first-order chi connectivity index (χ1) is 25.3. The van der Waals surface area contributed by atoms with Gasteiger partial charge in [0.15, 0.2) is 0 Å². The number of rotatable bonds is 10. The van der Waals surface area contributed by atoms with Crippen molar-refractivity contribution in [2.75, 3.05) is 31.5 Å². The number of nitrogens with zero attached hydrogens (tertiary/aromatic N) is 2. The van der Waals surface area contributed by atoms with Crippen molar-refractivity contribution in [3.8, 4) is 0 Å². The van der Waals surface area contributed by atoms with E-state index in [0.29, 0.717) is 51.9 Å². The van der Waals surface area contributed by atoms with Gasteiger partial charge in [0.25, 0.3) is 0 Å². The third kappa shape index (κ3) is 14.1. The van der Waals surface area contributed by atoms with Gasteiger partial charge in [0.2, 0.25) is 0 Å². The summed E-state index contributed by atoms with van der Waals surface area (Å²) in [6, 6.07) is 16.0. The van der Waals surface area contributed by atoms with Crippen LogP contribution in [-0.2, 0) is 41.4 Å². The fourth-order valence-electron chi connectivity index (χ4n) is 7.03. The number of esters is 2. The molecular weight excluding hydrogens is 698 g/mol. The molecule has 2 saturated heterocycles. The number of hydrogen-bond acceptors (Lipinski definition) is 9. The summed E-state index contributed by atoms with van der Waals surface area (Å²) in [5.74, 6) is -1.51. The van der Waals surface area contributed by atoms with Gasteiger partial charge in [-0.1, -0.05) is 24.3 Å². The lowest BCUT2D eigenvalue weighted by Crippen LogP contribution is -2.38. The van der Waals surface area contributed by atoms with E-state index < -0.39 is 34.2 Å². The van der Waals surface area contributed by atoms with E-state index in [2.05, 4.69) is 5.32 Å². The number of amides is 2. The van der Waals surface area contributed by atoms with E-state index in [0.717, 1.165) is 22.5 Å². The van der Waals surface area contributed by atoms with Crippen molar-refractivity contribution in [2.45, 2.75) is 131 Å². The third-order valence-electron chi connectivity index (χ3n) is 9.39. The van der Waals surface area contributed by atoms with Crippen molar-refractivity contribution in [1.29, 1.82) is 0 Å². The van der Waals surface area contributed by atoms with Gasteiger partial charge in [0, 0.05) is 37.6 Å². The van der Waals surface area contributed by atoms with Crippen LogP contribution in [0, 0.1) is 23.7 Å². The summed E-state index contributed by atoms with van der Waals surface area (Å²) >= 11 is 0. The molecule has 0 unspecified atom stereocenters. The molecule has 0 saturated carbocycles. The number of carbonyl (C=O) groups is 4. The van der Waals surface area contributed by atoms with E-state index in [1.807, 2.05) is 132 Å². The molecule has 11 nitrogen and oxygen atoms in total. The van der Waals surface area contributed by atoms with Crippen LogP contribution in [0.5, 0.6) is 0 Å². The first-order valence-electron chi connectivity index (χ1n) is 19.7. The number of hydrogen-bond donors (Lipinski definition) is 1. The lowest BCUT2D eigenvalue weighted by atomic mass is 9.85. The average molecular weight is 764 g/mol. The molecule has 304 valence electrons. The maximum atomic E-state index is 13.6. The number of benzene rings is 2. The Morgan fingerprint density at radius 3 is 1.42 bits per heavy atom. The number of carbonyl (C=O) groups excluding carboxylic acids is 4. The molecule has 2 aromatic carbocycles. The zero-order valence-electron chi connectivity index (χ0n) is 35.2. The first-order valence-corrected chi connectivity index (χ1v) is 19.7. The number of nitrogens with one attached hydrogen (secondary N) is 1. The molecule has 4 rings (SSSR count). The number of ether oxygens (including phenoxy) is 4. The normalized spacial score (nSPS) is 19.1. The standard InChI is InChI=1S/C44H65N3O8/c1-41(2,3)52-37(48)35(31-20-22-46(27-31)39(50)54-43(7,8)9)25-29-16-18-33(19-17-29)45-34-15-13-14-30(24-34)26-36(38(49)53-42(4,5)6)32-21-23-47(28-32)40(51)55-44(10,11)12/h13-19,24,31-32,35-36,45H,20-23,25-28H2,1-12H3/t31-,32-,35-,36-/m0/s1. The van der Waals surface area contributed by atoms with E-state index in [-0.39, 0.29) is 36.0 Å². The summed E-state index contributed by atoms with van der Waals surface area (Å²) < 4.78 is 23.0. The highest BCUT2D eigenvalue weighted by Gasteiger charge is 2.40. The Bertz CT molecular complexity index is 1640. The Kier molecular flexibility index (Phi) is 13.6. The molecule has 2 fully saturated rings. The van der Waals surface area contributed by atoms with Crippen LogP contribution in [0.15, 0.2) is 48.5 Å². The van der Waals surface area contributed by atoms with E-state index in [9.17, 15) is 19.2 Å². The van der Waals surface area contributed by atoms with Gasteiger partial charge in [-0.2, -0.15) is 0 Å². The number of anilines is 2. The Morgan fingerprint density at radius 2 is 1.00 bits per heavy atom. The molecule has 0 spiro atoms. The van der Waals surface area contributed by atoms with Gasteiger partial charge in [-0.15, -0.1) is 0 Å². The summed E-state index contributed by atoms with van der Waals surface area (Å²) in [4.78, 5) is 56.2. The van der Waals surface area contributed by atoms with Crippen LogP contribution in [0.4, 0.5) is 21.0 Å². The SMILES string of the molecule is CC(C)(C)OC(=O)[C@@H](Cc1ccc(Nc2cccc(C[C@H](C(=O)OC(C)(C)C)[C@H]3CCN(C(=O)OC(C)(C)C)C3)c2)cc1)[C@H]1CCN(C(=O)OC(C)(C)C)C1. The van der Waals surface area contributed by atoms with Crippen molar-refractivity contribution in [2.24, 2.45) is 23.7 Å². The summed E-state index contributed by atoms with van der Waals surface area (Å²) in [6.07, 6.45) is 1.60. The molecule has 11 heteroatoms. The summed E-state index contributed by atoms with van der Waals surface area (Å²) in [5, 5.41) is 3.49. The molecule has 2 aliphatic rings. The van der Waals surface area contributed by atoms with Crippen LogP contribution in [-0.4, -0.2) is 82.5 Å². The van der Waals surface area contributed by atoms with Gasteiger partial charge in [0.1, 0.15) is 22.4 Å². The Hall–Kier alpha value is -4.28. The van der Waals surface area contributed by atoms with Crippen LogP contribution >= 0.6 is 0 Å². The zero-order valence-corrected chi connectivity index (χ0v) is 35.2. The summed E-state index contributed by atoms with van der Waals surface area (Å²) in [5.41, 5.74) is 1.24. The molecule has 2 aliphatic heterocycles. The monoisotopic (exact) mass is 763 g/mol. The first kappa shape index (κ1) is 43.4. The largest absolute Gasteiger partial charge is 0.460 e. The molecule has 2 aromatic rings. The highest BCUT2D eigenvalue weighted by Crippen LogP contribution is 2.33. The van der Waals surface area contributed by atoms with Crippen LogP contribution in [0.1, 0.15) is 107 Å². The van der Waals surface area contributed by atoms with Crippen LogP contribution in [0.2, 0.25) is 0 Å². The molecule has 0 radical (unpaired) electrons. The van der Waals surface area contributed by atoms with Gasteiger partial charge in [0.05, 0.1) is 11.8 Å². The molecule has 2 heterocycles. The Balaban J connectivity index is 1.45. The van der Waals surface area contributed by atoms with E-state index in [1.54, 1.807) is 9.80 Å². The van der Waals surface area contributed by atoms with Crippen LogP contribution in [0.3, 0.4) is 0 Å². The second kappa shape index (κ2) is 17.2. The Labute approximate surface area is 328 Å². The zero-order chi connectivity index (χ0) is 40.9. The quantitative estimate of drug-likeness (QED) is 0.187. The minimum atomic E-state index is -0.640.